The van der Waals surface area contributed by atoms with E-state index in [4.69, 9.17) is 12.2 Å². The predicted molar refractivity (Wildman–Crippen MR) is 73.2 cm³/mol. The minimum Gasteiger partial charge on any atom is -0.325 e. The molecule has 1 aromatic rings. The van der Waals surface area contributed by atoms with Gasteiger partial charge in [-0.15, -0.1) is 11.8 Å². The fourth-order valence-corrected chi connectivity index (χ4v) is 2.22. The third-order valence-electron chi connectivity index (χ3n) is 1.91. The third kappa shape index (κ3) is 3.16. The summed E-state index contributed by atoms with van der Waals surface area (Å²) in [5.41, 5.74) is 0.528. The number of halogens is 2. The average Bonchev–Trinajstić information content (AvgIpc) is 2.21. The van der Waals surface area contributed by atoms with Crippen molar-refractivity contribution in [1.82, 2.24) is 0 Å². The highest BCUT2D eigenvalue weighted by atomic mass is 79.9. The van der Waals surface area contributed by atoms with Gasteiger partial charge in [0, 0.05) is 11.0 Å². The Bertz CT molecular complexity index is 370. The monoisotopic (exact) mass is 307 g/mol. The van der Waals surface area contributed by atoms with E-state index in [0.29, 0.717) is 16.6 Å². The first-order valence-corrected chi connectivity index (χ1v) is 6.83. The van der Waals surface area contributed by atoms with Crippen molar-refractivity contribution in [3.63, 3.8) is 0 Å². The first kappa shape index (κ1) is 12.9. The van der Waals surface area contributed by atoms with Gasteiger partial charge >= 0.3 is 0 Å². The molecule has 0 atom stereocenters. The quantitative estimate of drug-likeness (QED) is 0.759. The molecule has 0 unspecified atom stereocenters. The van der Waals surface area contributed by atoms with Crippen molar-refractivity contribution in [3.05, 3.63) is 28.5 Å². The van der Waals surface area contributed by atoms with E-state index in [0.717, 1.165) is 4.47 Å². The lowest BCUT2D eigenvalue weighted by Crippen LogP contribution is -2.27. The Morgan fingerprint density at radius 1 is 1.60 bits per heavy atom. The molecule has 0 amide bonds. The van der Waals surface area contributed by atoms with Crippen molar-refractivity contribution in [2.24, 2.45) is 0 Å². The van der Waals surface area contributed by atoms with Gasteiger partial charge in [-0.1, -0.05) is 28.1 Å². The zero-order valence-corrected chi connectivity index (χ0v) is 11.7. The van der Waals surface area contributed by atoms with E-state index < -0.39 is 0 Å². The number of rotatable bonds is 2. The molecule has 0 spiro atoms. The first-order valence-electron chi connectivity index (χ1n) is 4.40. The molecule has 0 aliphatic carbocycles. The van der Waals surface area contributed by atoms with Crippen LogP contribution in [0.25, 0.3) is 0 Å². The van der Waals surface area contributed by atoms with Crippen LogP contribution in [0.15, 0.2) is 22.7 Å². The molecule has 1 aromatic carbocycles. The van der Waals surface area contributed by atoms with Crippen molar-refractivity contribution in [2.75, 3.05) is 17.7 Å². The topological polar surface area (TPSA) is 3.24 Å². The van der Waals surface area contributed by atoms with Crippen LogP contribution in [0.2, 0.25) is 0 Å². The number of hydrogen-bond donors (Lipinski definition) is 0. The molecule has 0 aromatic heterocycles. The third-order valence-corrected chi connectivity index (χ3v) is 3.70. The highest BCUT2D eigenvalue weighted by Gasteiger charge is 2.13. The van der Waals surface area contributed by atoms with Gasteiger partial charge in [0.2, 0.25) is 0 Å². The Morgan fingerprint density at radius 2 is 2.27 bits per heavy atom. The van der Waals surface area contributed by atoms with E-state index >= 15 is 0 Å². The predicted octanol–water partition coefficient (Wildman–Crippen LogP) is 4.06. The molecule has 1 nitrogen and oxygen atoms in total. The highest BCUT2D eigenvalue weighted by Crippen LogP contribution is 2.25. The number of thiocarbonyl (C=S) groups is 1. The van der Waals surface area contributed by atoms with E-state index in [2.05, 4.69) is 15.9 Å². The van der Waals surface area contributed by atoms with Crippen molar-refractivity contribution >= 4 is 49.9 Å². The molecule has 1 rings (SSSR count). The number of hydrogen-bond acceptors (Lipinski definition) is 2. The molecule has 0 bridgehead atoms. The van der Waals surface area contributed by atoms with Crippen molar-refractivity contribution in [3.8, 4) is 0 Å². The summed E-state index contributed by atoms with van der Waals surface area (Å²) in [6.07, 6.45) is 1.89. The maximum Gasteiger partial charge on any atom is 0.147 e. The second-order valence-corrected chi connectivity index (χ2v) is 5.17. The zero-order chi connectivity index (χ0) is 11.4. The Balaban J connectivity index is 3.07. The van der Waals surface area contributed by atoms with Crippen molar-refractivity contribution in [1.29, 1.82) is 0 Å². The molecule has 0 saturated heterocycles. The van der Waals surface area contributed by atoms with E-state index in [1.54, 1.807) is 11.0 Å². The van der Waals surface area contributed by atoms with Crippen LogP contribution in [0.5, 0.6) is 0 Å². The average molecular weight is 308 g/mol. The maximum absolute atomic E-state index is 13.6. The lowest BCUT2D eigenvalue weighted by Gasteiger charge is -2.22. The summed E-state index contributed by atoms with van der Waals surface area (Å²) in [6.45, 7) is 2.61. The van der Waals surface area contributed by atoms with Gasteiger partial charge in [-0.2, -0.15) is 0 Å². The number of benzene rings is 1. The van der Waals surface area contributed by atoms with Gasteiger partial charge in [-0.3, -0.25) is 0 Å². The zero-order valence-electron chi connectivity index (χ0n) is 8.46. The summed E-state index contributed by atoms with van der Waals surface area (Å²) in [7, 11) is 0. The van der Waals surface area contributed by atoms with Gasteiger partial charge in [-0.05, 0) is 31.4 Å². The van der Waals surface area contributed by atoms with E-state index in [-0.39, 0.29) is 5.82 Å². The maximum atomic E-state index is 13.6. The van der Waals surface area contributed by atoms with Gasteiger partial charge < -0.3 is 4.90 Å². The molecule has 0 aliphatic rings. The standard InChI is InChI=1S/C10H11BrFNS2/c1-3-13(10(14)15-2)9-5-4-7(11)6-8(9)12/h4-6H,3H2,1-2H3. The molecule has 0 saturated carbocycles. The fraction of sp³-hybridized carbons (Fsp3) is 0.300. The Labute approximate surface area is 107 Å². The van der Waals surface area contributed by atoms with E-state index in [9.17, 15) is 4.39 Å². The molecule has 82 valence electrons. The normalized spacial score (nSPS) is 10.1. The van der Waals surface area contributed by atoms with Crippen LogP contribution in [-0.4, -0.2) is 17.1 Å². The first-order chi connectivity index (χ1) is 7.10. The fourth-order valence-electron chi connectivity index (χ4n) is 1.21. The molecule has 0 heterocycles. The van der Waals surface area contributed by atoms with E-state index in [1.165, 1.54) is 17.8 Å². The van der Waals surface area contributed by atoms with Gasteiger partial charge in [0.1, 0.15) is 10.1 Å². The van der Waals surface area contributed by atoms with Crippen LogP contribution < -0.4 is 4.90 Å². The Kier molecular flexibility index (Phi) is 5.02. The molecular weight excluding hydrogens is 297 g/mol. The highest BCUT2D eigenvalue weighted by molar-refractivity contribution is 9.10. The van der Waals surface area contributed by atoms with Crippen LogP contribution in [0.3, 0.4) is 0 Å². The largest absolute Gasteiger partial charge is 0.325 e. The second kappa shape index (κ2) is 5.82. The van der Waals surface area contributed by atoms with E-state index in [1.807, 2.05) is 19.2 Å². The number of anilines is 1. The summed E-state index contributed by atoms with van der Waals surface area (Å²) in [6, 6.07) is 4.98. The Hall–Kier alpha value is -0.130. The molecule has 0 aliphatic heterocycles. The molecular formula is C10H11BrFNS2. The summed E-state index contributed by atoms with van der Waals surface area (Å²) in [4.78, 5) is 1.78. The second-order valence-electron chi connectivity index (χ2n) is 2.81. The summed E-state index contributed by atoms with van der Waals surface area (Å²) in [5.74, 6) is -0.261. The molecule has 0 fully saturated rings. The minimum atomic E-state index is -0.261. The van der Waals surface area contributed by atoms with Crippen molar-refractivity contribution < 1.29 is 4.39 Å². The van der Waals surface area contributed by atoms with Crippen molar-refractivity contribution in [2.45, 2.75) is 6.92 Å². The SMILES string of the molecule is CCN(C(=S)SC)c1ccc(Br)cc1F. The smallest absolute Gasteiger partial charge is 0.147 e. The van der Waals surface area contributed by atoms with Gasteiger partial charge in [0.25, 0.3) is 0 Å². The van der Waals surface area contributed by atoms with Crippen LogP contribution in [0.4, 0.5) is 10.1 Å². The number of nitrogens with zero attached hydrogens (tertiary/aromatic N) is 1. The molecule has 0 N–H and O–H groups in total. The number of thioether (sulfide) groups is 1. The molecule has 15 heavy (non-hydrogen) atoms. The lowest BCUT2D eigenvalue weighted by atomic mass is 10.3. The van der Waals surface area contributed by atoms with Gasteiger partial charge in [0.05, 0.1) is 5.69 Å². The molecule has 5 heteroatoms. The van der Waals surface area contributed by atoms with Crippen LogP contribution in [-0.2, 0) is 0 Å². The Morgan fingerprint density at radius 3 is 2.73 bits per heavy atom. The summed E-state index contributed by atoms with van der Waals surface area (Å²) < 4.78 is 15.1. The minimum absolute atomic E-state index is 0.261. The molecule has 0 radical (unpaired) electrons. The van der Waals surface area contributed by atoms with Gasteiger partial charge in [-0.25, -0.2) is 4.39 Å². The van der Waals surface area contributed by atoms with Crippen LogP contribution >= 0.6 is 39.9 Å². The van der Waals surface area contributed by atoms with Gasteiger partial charge in [0.15, 0.2) is 0 Å². The summed E-state index contributed by atoms with van der Waals surface area (Å²) >= 11 is 9.83. The van der Waals surface area contributed by atoms with Crippen LogP contribution in [0.1, 0.15) is 6.92 Å². The van der Waals surface area contributed by atoms with Crippen LogP contribution in [0, 0.1) is 5.82 Å². The lowest BCUT2D eigenvalue weighted by molar-refractivity contribution is 0.626. The summed E-state index contributed by atoms with van der Waals surface area (Å²) in [5, 5.41) is 0.